The summed E-state index contributed by atoms with van der Waals surface area (Å²) in [5.74, 6) is -0.822. The molecule has 0 saturated carbocycles. The highest BCUT2D eigenvalue weighted by molar-refractivity contribution is 5.80. The fourth-order valence-corrected chi connectivity index (χ4v) is 2.57. The number of unbranched alkanes of at least 4 members (excludes halogenated alkanes) is 11. The van der Waals surface area contributed by atoms with Crippen molar-refractivity contribution in [3.8, 4) is 0 Å². The molecule has 122 valence electrons. The van der Waals surface area contributed by atoms with Gasteiger partial charge >= 0.3 is 5.97 Å². The van der Waals surface area contributed by atoms with Gasteiger partial charge in [0.25, 0.3) is 0 Å². The van der Waals surface area contributed by atoms with E-state index < -0.39 is 5.97 Å². The molecule has 0 aromatic heterocycles. The fourth-order valence-electron chi connectivity index (χ4n) is 2.57. The lowest BCUT2D eigenvalue weighted by atomic mass is 10.0. The number of carbonyl (C=O) groups is 1. The minimum Gasteiger partial charge on any atom is -0.478 e. The van der Waals surface area contributed by atoms with E-state index in [-0.39, 0.29) is 0 Å². The largest absolute Gasteiger partial charge is 0.478 e. The van der Waals surface area contributed by atoms with Crippen LogP contribution in [0, 0.1) is 0 Å². The molecule has 0 aliphatic rings. The molecule has 0 fully saturated rings. The molecule has 0 radical (unpaired) electrons. The third kappa shape index (κ3) is 16.9. The zero-order chi connectivity index (χ0) is 15.8. The minimum atomic E-state index is -0.822. The van der Waals surface area contributed by atoms with E-state index in [1.165, 1.54) is 76.7 Å². The van der Waals surface area contributed by atoms with Crippen LogP contribution in [-0.4, -0.2) is 11.1 Å². The molecule has 0 aromatic rings. The van der Waals surface area contributed by atoms with Gasteiger partial charge in [-0.15, -0.1) is 6.58 Å². The summed E-state index contributed by atoms with van der Waals surface area (Å²) in [5, 5.41) is 8.61. The molecule has 0 aliphatic carbocycles. The highest BCUT2D eigenvalue weighted by Gasteiger charge is 1.96. The lowest BCUT2D eigenvalue weighted by Crippen LogP contribution is -1.90. The van der Waals surface area contributed by atoms with Crippen molar-refractivity contribution in [3.05, 3.63) is 24.3 Å². The molecule has 0 rings (SSSR count). The molecule has 0 aromatic carbocycles. The Balaban J connectivity index is 3.16. The predicted molar refractivity (Wildman–Crippen MR) is 91.6 cm³/mol. The van der Waals surface area contributed by atoms with Crippen molar-refractivity contribution in [2.45, 2.75) is 90.4 Å². The Kier molecular flexibility index (Phi) is 14.6. The van der Waals surface area contributed by atoms with Crippen LogP contribution in [0.4, 0.5) is 0 Å². The number of hydrogen-bond donors (Lipinski definition) is 1. The van der Waals surface area contributed by atoms with Crippen LogP contribution >= 0.6 is 0 Å². The number of hydrogen-bond acceptors (Lipinski definition) is 1. The van der Waals surface area contributed by atoms with Crippen LogP contribution in [0.3, 0.4) is 0 Å². The Morgan fingerprint density at radius 1 is 0.857 bits per heavy atom. The lowest BCUT2D eigenvalue weighted by molar-refractivity contribution is -0.131. The normalized spacial score (nSPS) is 11.6. The van der Waals surface area contributed by atoms with Crippen molar-refractivity contribution in [1.82, 2.24) is 0 Å². The molecule has 2 heteroatoms. The average Bonchev–Trinajstić information content (AvgIpc) is 2.43. The van der Waals surface area contributed by atoms with Crippen LogP contribution in [0.25, 0.3) is 0 Å². The van der Waals surface area contributed by atoms with E-state index in [1.54, 1.807) is 0 Å². The quantitative estimate of drug-likeness (QED) is 0.219. The van der Waals surface area contributed by atoms with E-state index in [4.69, 9.17) is 5.11 Å². The summed E-state index contributed by atoms with van der Waals surface area (Å²) >= 11 is 0. The SMILES string of the molecule is C=CCCCCCCCCCCCCC/C(C)=C/C(=O)O. The Bertz CT molecular complexity index is 292. The van der Waals surface area contributed by atoms with Gasteiger partial charge in [-0.2, -0.15) is 0 Å². The Morgan fingerprint density at radius 2 is 1.29 bits per heavy atom. The average molecular weight is 294 g/mol. The molecule has 0 spiro atoms. The van der Waals surface area contributed by atoms with Gasteiger partial charge in [0, 0.05) is 6.08 Å². The van der Waals surface area contributed by atoms with Crippen molar-refractivity contribution >= 4 is 5.97 Å². The number of carboxylic acids is 1. The lowest BCUT2D eigenvalue weighted by Gasteiger charge is -2.03. The van der Waals surface area contributed by atoms with E-state index in [1.807, 2.05) is 13.0 Å². The maximum absolute atomic E-state index is 10.5. The Labute approximate surface area is 131 Å². The first-order valence-corrected chi connectivity index (χ1v) is 8.68. The van der Waals surface area contributed by atoms with Crippen LogP contribution in [0.5, 0.6) is 0 Å². The van der Waals surface area contributed by atoms with E-state index in [9.17, 15) is 4.79 Å². The van der Waals surface area contributed by atoms with Crippen LogP contribution in [0.15, 0.2) is 24.3 Å². The van der Waals surface area contributed by atoms with Gasteiger partial charge in [0.15, 0.2) is 0 Å². The van der Waals surface area contributed by atoms with Crippen molar-refractivity contribution in [2.24, 2.45) is 0 Å². The van der Waals surface area contributed by atoms with Crippen molar-refractivity contribution in [3.63, 3.8) is 0 Å². The van der Waals surface area contributed by atoms with Crippen LogP contribution in [0.1, 0.15) is 90.4 Å². The Morgan fingerprint density at radius 3 is 1.71 bits per heavy atom. The number of allylic oxidation sites excluding steroid dienone is 2. The number of rotatable bonds is 15. The monoisotopic (exact) mass is 294 g/mol. The molecule has 21 heavy (non-hydrogen) atoms. The third-order valence-electron chi connectivity index (χ3n) is 3.85. The summed E-state index contributed by atoms with van der Waals surface area (Å²) in [4.78, 5) is 10.5. The predicted octanol–water partition coefficient (Wildman–Crippen LogP) is 6.27. The summed E-state index contributed by atoms with van der Waals surface area (Å²) in [6.45, 7) is 5.65. The maximum atomic E-state index is 10.5. The molecule has 0 aliphatic heterocycles. The van der Waals surface area contributed by atoms with Gasteiger partial charge in [-0.25, -0.2) is 4.79 Å². The van der Waals surface area contributed by atoms with Crippen molar-refractivity contribution in [1.29, 1.82) is 0 Å². The van der Waals surface area contributed by atoms with E-state index in [2.05, 4.69) is 6.58 Å². The minimum absolute atomic E-state index is 0.822. The molecule has 0 bridgehead atoms. The molecular weight excluding hydrogens is 260 g/mol. The molecule has 0 amide bonds. The molecule has 0 unspecified atom stereocenters. The molecule has 0 saturated heterocycles. The van der Waals surface area contributed by atoms with Gasteiger partial charge in [0.05, 0.1) is 0 Å². The van der Waals surface area contributed by atoms with Crippen LogP contribution in [-0.2, 0) is 4.79 Å². The zero-order valence-corrected chi connectivity index (χ0v) is 13.9. The summed E-state index contributed by atoms with van der Waals surface area (Å²) in [7, 11) is 0. The number of aliphatic carboxylic acids is 1. The Hall–Kier alpha value is -1.05. The third-order valence-corrected chi connectivity index (χ3v) is 3.85. The smallest absolute Gasteiger partial charge is 0.328 e. The summed E-state index contributed by atoms with van der Waals surface area (Å²) in [6.07, 6.45) is 20.0. The van der Waals surface area contributed by atoms with Crippen molar-refractivity contribution < 1.29 is 9.90 Å². The first-order chi connectivity index (χ1) is 10.2. The second kappa shape index (κ2) is 15.3. The van der Waals surface area contributed by atoms with Gasteiger partial charge in [-0.3, -0.25) is 0 Å². The second-order valence-electron chi connectivity index (χ2n) is 6.05. The summed E-state index contributed by atoms with van der Waals surface area (Å²) in [5.41, 5.74) is 0.985. The van der Waals surface area contributed by atoms with Crippen molar-refractivity contribution in [2.75, 3.05) is 0 Å². The number of carboxylic acid groups (broad SMARTS) is 1. The standard InChI is InChI=1S/C19H34O2/c1-3-4-5-6-7-8-9-10-11-12-13-14-15-16-18(2)17-19(20)21/h3,17H,1,4-16H2,2H3,(H,20,21)/b18-17+. The molecule has 0 heterocycles. The highest BCUT2D eigenvalue weighted by Crippen LogP contribution is 2.14. The van der Waals surface area contributed by atoms with Gasteiger partial charge in [-0.05, 0) is 32.6 Å². The van der Waals surface area contributed by atoms with Gasteiger partial charge in [0.1, 0.15) is 0 Å². The topological polar surface area (TPSA) is 37.3 Å². The molecular formula is C19H34O2. The summed E-state index contributed by atoms with van der Waals surface area (Å²) in [6, 6.07) is 0. The molecule has 1 N–H and O–H groups in total. The van der Waals surface area contributed by atoms with E-state index in [0.29, 0.717) is 0 Å². The van der Waals surface area contributed by atoms with Crippen LogP contribution < -0.4 is 0 Å². The zero-order valence-electron chi connectivity index (χ0n) is 13.9. The molecule has 0 atom stereocenters. The van der Waals surface area contributed by atoms with E-state index >= 15 is 0 Å². The first-order valence-electron chi connectivity index (χ1n) is 8.68. The maximum Gasteiger partial charge on any atom is 0.328 e. The van der Waals surface area contributed by atoms with Gasteiger partial charge in [-0.1, -0.05) is 69.4 Å². The van der Waals surface area contributed by atoms with Gasteiger partial charge in [0.2, 0.25) is 0 Å². The highest BCUT2D eigenvalue weighted by atomic mass is 16.4. The van der Waals surface area contributed by atoms with E-state index in [0.717, 1.165) is 18.4 Å². The molecule has 2 nitrogen and oxygen atoms in total. The van der Waals surface area contributed by atoms with Gasteiger partial charge < -0.3 is 5.11 Å². The summed E-state index contributed by atoms with van der Waals surface area (Å²) < 4.78 is 0. The van der Waals surface area contributed by atoms with Crippen LogP contribution in [0.2, 0.25) is 0 Å². The second-order valence-corrected chi connectivity index (χ2v) is 6.05. The fraction of sp³-hybridized carbons (Fsp3) is 0.737. The first kappa shape index (κ1) is 19.9.